The lowest BCUT2D eigenvalue weighted by atomic mass is 10.1. The molecule has 31 heavy (non-hydrogen) atoms. The molecule has 0 saturated carbocycles. The van der Waals surface area contributed by atoms with Crippen LogP contribution in [0.15, 0.2) is 36.9 Å². The largest absolute Gasteiger partial charge is 0.339 e. The summed E-state index contributed by atoms with van der Waals surface area (Å²) >= 11 is 0. The number of halogens is 4. The van der Waals surface area contributed by atoms with Crippen molar-refractivity contribution in [3.8, 4) is 11.3 Å². The van der Waals surface area contributed by atoms with Crippen molar-refractivity contribution in [2.45, 2.75) is 32.6 Å². The molecule has 0 atom stereocenters. The van der Waals surface area contributed by atoms with E-state index in [-0.39, 0.29) is 28.9 Å². The summed E-state index contributed by atoms with van der Waals surface area (Å²) in [5.74, 6) is -7.29. The van der Waals surface area contributed by atoms with Crippen molar-refractivity contribution in [2.75, 3.05) is 10.6 Å². The molecule has 0 aliphatic heterocycles. The molecule has 3 heterocycles. The van der Waals surface area contributed by atoms with Crippen molar-refractivity contribution < 1.29 is 22.4 Å². The summed E-state index contributed by atoms with van der Waals surface area (Å²) in [4.78, 5) is 30.5. The fraction of sp³-hybridized carbons (Fsp3) is 0.263. The first kappa shape index (κ1) is 22.0. The van der Waals surface area contributed by atoms with Crippen LogP contribution in [0.3, 0.4) is 0 Å². The van der Waals surface area contributed by atoms with Crippen LogP contribution in [0.4, 0.5) is 34.9 Å². The standard InChI is InChI=1S/C19H17F4N7O/c1-10(31)28-16-6-12(29-15-4-5-24-17(30-15)19(3,22)23)11(7-27-16)13-8-26-14(9-25-13)18(2,20)21/h4-9H,1-3H3,(H2,24,27,28,29,30,31). The molecule has 3 aromatic heterocycles. The fourth-order valence-corrected chi connectivity index (χ4v) is 2.48. The Morgan fingerprint density at radius 2 is 1.68 bits per heavy atom. The van der Waals surface area contributed by atoms with Crippen LogP contribution in [-0.4, -0.2) is 30.8 Å². The van der Waals surface area contributed by atoms with E-state index in [9.17, 15) is 22.4 Å². The van der Waals surface area contributed by atoms with E-state index < -0.39 is 23.4 Å². The van der Waals surface area contributed by atoms with Crippen molar-refractivity contribution >= 4 is 23.2 Å². The summed E-state index contributed by atoms with van der Waals surface area (Å²) in [5, 5.41) is 5.35. The number of carbonyl (C=O) groups excluding carboxylic acids is 1. The van der Waals surface area contributed by atoms with Gasteiger partial charge in [0.2, 0.25) is 11.7 Å². The first-order chi connectivity index (χ1) is 14.4. The minimum absolute atomic E-state index is 0.0393. The number of rotatable bonds is 6. The maximum Gasteiger partial charge on any atom is 0.303 e. The number of nitrogens with zero attached hydrogens (tertiary/aromatic N) is 5. The summed E-state index contributed by atoms with van der Waals surface area (Å²) in [6.45, 7) is 2.65. The van der Waals surface area contributed by atoms with E-state index in [0.29, 0.717) is 19.4 Å². The highest BCUT2D eigenvalue weighted by molar-refractivity contribution is 5.89. The number of hydrogen-bond donors (Lipinski definition) is 2. The SMILES string of the molecule is CC(=O)Nc1cc(Nc2ccnc(C(C)(F)F)n2)c(-c2cnc(C(C)(F)F)cn2)cn1. The molecule has 0 aliphatic carbocycles. The van der Waals surface area contributed by atoms with Gasteiger partial charge >= 0.3 is 5.92 Å². The lowest BCUT2D eigenvalue weighted by Gasteiger charge is -2.15. The van der Waals surface area contributed by atoms with E-state index in [2.05, 4.69) is 35.6 Å². The normalized spacial score (nSPS) is 11.8. The van der Waals surface area contributed by atoms with Gasteiger partial charge in [-0.05, 0) is 6.07 Å². The topological polar surface area (TPSA) is 106 Å². The van der Waals surface area contributed by atoms with E-state index in [1.54, 1.807) is 0 Å². The Hall–Kier alpha value is -3.70. The van der Waals surface area contributed by atoms with Crippen LogP contribution in [0.25, 0.3) is 11.3 Å². The maximum absolute atomic E-state index is 13.6. The third-order valence-corrected chi connectivity index (χ3v) is 3.90. The van der Waals surface area contributed by atoms with Crippen molar-refractivity contribution in [1.29, 1.82) is 0 Å². The quantitative estimate of drug-likeness (QED) is 0.558. The molecule has 8 nitrogen and oxygen atoms in total. The summed E-state index contributed by atoms with van der Waals surface area (Å²) in [7, 11) is 0. The lowest BCUT2D eigenvalue weighted by molar-refractivity contribution is -0.114. The van der Waals surface area contributed by atoms with Crippen molar-refractivity contribution in [3.05, 3.63) is 48.4 Å². The molecule has 0 aromatic carbocycles. The van der Waals surface area contributed by atoms with Crippen molar-refractivity contribution in [2.24, 2.45) is 0 Å². The molecule has 0 fully saturated rings. The van der Waals surface area contributed by atoms with Gasteiger partial charge in [-0.15, -0.1) is 0 Å². The molecule has 3 rings (SSSR count). The lowest BCUT2D eigenvalue weighted by Crippen LogP contribution is -2.13. The van der Waals surface area contributed by atoms with Crippen LogP contribution >= 0.6 is 0 Å². The molecule has 2 N–H and O–H groups in total. The number of amides is 1. The Kier molecular flexibility index (Phi) is 5.82. The molecule has 0 unspecified atom stereocenters. The molecular weight excluding hydrogens is 418 g/mol. The second-order valence-electron chi connectivity index (χ2n) is 6.75. The zero-order valence-electron chi connectivity index (χ0n) is 16.6. The zero-order chi connectivity index (χ0) is 22.8. The van der Waals surface area contributed by atoms with Crippen molar-refractivity contribution in [3.63, 3.8) is 0 Å². The van der Waals surface area contributed by atoms with Crippen LogP contribution < -0.4 is 10.6 Å². The van der Waals surface area contributed by atoms with E-state index in [1.807, 2.05) is 0 Å². The van der Waals surface area contributed by atoms with Gasteiger partial charge in [-0.1, -0.05) is 0 Å². The van der Waals surface area contributed by atoms with Crippen LogP contribution in [0, 0.1) is 0 Å². The van der Waals surface area contributed by atoms with Gasteiger partial charge in [0.1, 0.15) is 17.3 Å². The molecule has 3 aromatic rings. The van der Waals surface area contributed by atoms with Crippen LogP contribution in [0.2, 0.25) is 0 Å². The second kappa shape index (κ2) is 8.20. The molecule has 0 aliphatic rings. The summed E-state index contributed by atoms with van der Waals surface area (Å²) in [6.07, 6.45) is 4.56. The van der Waals surface area contributed by atoms with E-state index in [4.69, 9.17) is 0 Å². The monoisotopic (exact) mass is 435 g/mol. The van der Waals surface area contributed by atoms with Crippen LogP contribution in [0.1, 0.15) is 32.3 Å². The van der Waals surface area contributed by atoms with Gasteiger partial charge in [0.15, 0.2) is 0 Å². The van der Waals surface area contributed by atoms with Gasteiger partial charge in [-0.3, -0.25) is 14.8 Å². The van der Waals surface area contributed by atoms with Gasteiger partial charge in [0.05, 0.1) is 23.8 Å². The zero-order valence-corrected chi connectivity index (χ0v) is 16.6. The minimum Gasteiger partial charge on any atom is -0.339 e. The Bertz CT molecular complexity index is 1100. The molecule has 1 amide bonds. The van der Waals surface area contributed by atoms with Gasteiger partial charge < -0.3 is 10.6 Å². The molecule has 0 radical (unpaired) electrons. The Morgan fingerprint density at radius 1 is 0.935 bits per heavy atom. The Morgan fingerprint density at radius 3 is 2.26 bits per heavy atom. The van der Waals surface area contributed by atoms with Gasteiger partial charge in [-0.2, -0.15) is 17.6 Å². The van der Waals surface area contributed by atoms with Crippen LogP contribution in [0.5, 0.6) is 0 Å². The minimum atomic E-state index is -3.26. The summed E-state index contributed by atoms with van der Waals surface area (Å²) in [5.41, 5.74) is 0.260. The third kappa shape index (κ3) is 5.47. The Labute approximate surface area is 174 Å². The number of aromatic nitrogens is 5. The number of alkyl halides is 4. The average molecular weight is 435 g/mol. The predicted octanol–water partition coefficient (Wildman–Crippen LogP) is 4.25. The number of anilines is 3. The van der Waals surface area contributed by atoms with E-state index >= 15 is 0 Å². The Balaban J connectivity index is 2.03. The predicted molar refractivity (Wildman–Crippen MR) is 104 cm³/mol. The number of nitrogens with one attached hydrogen (secondary N) is 2. The first-order valence-corrected chi connectivity index (χ1v) is 8.90. The van der Waals surface area contributed by atoms with Crippen molar-refractivity contribution in [1.82, 2.24) is 24.9 Å². The highest BCUT2D eigenvalue weighted by Crippen LogP contribution is 2.32. The van der Waals surface area contributed by atoms with E-state index in [0.717, 1.165) is 18.6 Å². The fourth-order valence-electron chi connectivity index (χ4n) is 2.48. The van der Waals surface area contributed by atoms with Gasteiger partial charge in [-0.25, -0.2) is 15.0 Å². The van der Waals surface area contributed by atoms with Crippen LogP contribution in [-0.2, 0) is 16.6 Å². The summed E-state index contributed by atoms with van der Waals surface area (Å²) in [6, 6.07) is 2.79. The highest BCUT2D eigenvalue weighted by atomic mass is 19.3. The average Bonchev–Trinajstić information content (AvgIpc) is 2.67. The van der Waals surface area contributed by atoms with E-state index in [1.165, 1.54) is 25.3 Å². The smallest absolute Gasteiger partial charge is 0.303 e. The number of pyridine rings is 1. The first-order valence-electron chi connectivity index (χ1n) is 8.90. The molecule has 0 bridgehead atoms. The summed E-state index contributed by atoms with van der Waals surface area (Å²) < 4.78 is 54.0. The number of hydrogen-bond acceptors (Lipinski definition) is 7. The maximum atomic E-state index is 13.6. The van der Waals surface area contributed by atoms with Gasteiger partial charge in [0.25, 0.3) is 5.92 Å². The number of carbonyl (C=O) groups is 1. The molecule has 12 heteroatoms. The molecular formula is C19H17F4N7O. The third-order valence-electron chi connectivity index (χ3n) is 3.90. The highest BCUT2D eigenvalue weighted by Gasteiger charge is 2.29. The second-order valence-corrected chi connectivity index (χ2v) is 6.75. The van der Waals surface area contributed by atoms with Gasteiger partial charge in [0, 0.05) is 44.8 Å². The molecule has 0 spiro atoms. The molecule has 162 valence electrons. The molecule has 0 saturated heterocycles.